The molecule has 0 aromatic rings. The summed E-state index contributed by atoms with van der Waals surface area (Å²) in [6, 6.07) is -0.0490. The standard InChI is InChI=1S/C15H29N3O2/c1-13(14(19)17-9-11-20-2)18-10-8-16-12-15(18)6-4-3-5-7-15/h13,16H,3-12H2,1-2H3,(H,17,19). The molecule has 1 saturated heterocycles. The number of carbonyl (C=O) groups is 1. The molecule has 0 aromatic heterocycles. The van der Waals surface area contributed by atoms with Crippen molar-refractivity contribution in [2.45, 2.75) is 50.6 Å². The average molecular weight is 283 g/mol. The van der Waals surface area contributed by atoms with E-state index in [1.807, 2.05) is 6.92 Å². The molecule has 0 radical (unpaired) electrons. The molecule has 1 aliphatic heterocycles. The lowest BCUT2D eigenvalue weighted by Gasteiger charge is -2.51. The fourth-order valence-electron chi connectivity index (χ4n) is 3.70. The molecule has 2 aliphatic rings. The van der Waals surface area contributed by atoms with Gasteiger partial charge < -0.3 is 15.4 Å². The predicted octanol–water partition coefficient (Wildman–Crippen LogP) is 0.746. The minimum atomic E-state index is -0.0490. The van der Waals surface area contributed by atoms with E-state index in [1.54, 1.807) is 7.11 Å². The van der Waals surface area contributed by atoms with E-state index < -0.39 is 0 Å². The van der Waals surface area contributed by atoms with Crippen LogP contribution in [0, 0.1) is 0 Å². The summed E-state index contributed by atoms with van der Waals surface area (Å²) in [6.45, 7) is 6.20. The Morgan fingerprint density at radius 2 is 2.15 bits per heavy atom. The van der Waals surface area contributed by atoms with E-state index in [1.165, 1.54) is 32.1 Å². The van der Waals surface area contributed by atoms with Gasteiger partial charge in [-0.1, -0.05) is 19.3 Å². The average Bonchev–Trinajstić information content (AvgIpc) is 2.48. The van der Waals surface area contributed by atoms with Crippen LogP contribution in [0.2, 0.25) is 0 Å². The van der Waals surface area contributed by atoms with Gasteiger partial charge in [0, 0.05) is 38.8 Å². The van der Waals surface area contributed by atoms with Gasteiger partial charge in [-0.2, -0.15) is 0 Å². The van der Waals surface area contributed by atoms with E-state index in [0.717, 1.165) is 19.6 Å². The molecule has 1 saturated carbocycles. The Labute approximate surface area is 122 Å². The van der Waals surface area contributed by atoms with Gasteiger partial charge in [0.1, 0.15) is 0 Å². The van der Waals surface area contributed by atoms with Crippen LogP contribution in [0.1, 0.15) is 39.0 Å². The number of hydrogen-bond donors (Lipinski definition) is 2. The Morgan fingerprint density at radius 1 is 1.40 bits per heavy atom. The van der Waals surface area contributed by atoms with Gasteiger partial charge in [0.15, 0.2) is 0 Å². The van der Waals surface area contributed by atoms with Crippen LogP contribution in [0.5, 0.6) is 0 Å². The third kappa shape index (κ3) is 3.51. The van der Waals surface area contributed by atoms with E-state index in [0.29, 0.717) is 13.2 Å². The number of carbonyl (C=O) groups excluding carboxylic acids is 1. The minimum Gasteiger partial charge on any atom is -0.383 e. The number of nitrogens with one attached hydrogen (secondary N) is 2. The normalized spacial score (nSPS) is 24.5. The molecule has 1 amide bonds. The Morgan fingerprint density at radius 3 is 2.85 bits per heavy atom. The molecule has 1 unspecified atom stereocenters. The Hall–Kier alpha value is -0.650. The second-order valence-corrected chi connectivity index (χ2v) is 6.11. The lowest BCUT2D eigenvalue weighted by atomic mass is 9.78. The largest absolute Gasteiger partial charge is 0.383 e. The van der Waals surface area contributed by atoms with Crippen molar-refractivity contribution >= 4 is 5.91 Å². The Bertz CT molecular complexity index is 308. The molecule has 0 bridgehead atoms. The second-order valence-electron chi connectivity index (χ2n) is 6.11. The lowest BCUT2D eigenvalue weighted by Crippen LogP contribution is -2.66. The predicted molar refractivity (Wildman–Crippen MR) is 79.7 cm³/mol. The molecule has 1 atom stereocenters. The van der Waals surface area contributed by atoms with Gasteiger partial charge in [-0.15, -0.1) is 0 Å². The Balaban J connectivity index is 1.97. The number of piperazine rings is 1. The first-order valence-electron chi connectivity index (χ1n) is 7.94. The zero-order chi connectivity index (χ0) is 14.4. The molecule has 2 fully saturated rings. The van der Waals surface area contributed by atoms with Gasteiger partial charge in [0.25, 0.3) is 0 Å². The molecule has 116 valence electrons. The maximum Gasteiger partial charge on any atom is 0.237 e. The van der Waals surface area contributed by atoms with E-state index >= 15 is 0 Å². The van der Waals surface area contributed by atoms with Crippen LogP contribution in [0.25, 0.3) is 0 Å². The van der Waals surface area contributed by atoms with Crippen LogP contribution in [-0.2, 0) is 9.53 Å². The first-order valence-corrected chi connectivity index (χ1v) is 7.94. The van der Waals surface area contributed by atoms with Crippen molar-refractivity contribution in [2.24, 2.45) is 0 Å². The van der Waals surface area contributed by atoms with Gasteiger partial charge in [0.05, 0.1) is 12.6 Å². The monoisotopic (exact) mass is 283 g/mol. The van der Waals surface area contributed by atoms with E-state index in [4.69, 9.17) is 4.74 Å². The van der Waals surface area contributed by atoms with Crippen molar-refractivity contribution in [1.82, 2.24) is 15.5 Å². The minimum absolute atomic E-state index is 0.0490. The number of ether oxygens (including phenoxy) is 1. The summed E-state index contributed by atoms with van der Waals surface area (Å²) in [5.74, 6) is 0.133. The molecule has 1 spiro atoms. The van der Waals surface area contributed by atoms with Gasteiger partial charge in [-0.25, -0.2) is 0 Å². The third-order valence-corrected chi connectivity index (χ3v) is 4.83. The Kier molecular flexibility index (Phi) is 5.81. The van der Waals surface area contributed by atoms with Crippen LogP contribution < -0.4 is 10.6 Å². The smallest absolute Gasteiger partial charge is 0.237 e. The van der Waals surface area contributed by atoms with E-state index in [2.05, 4.69) is 15.5 Å². The summed E-state index contributed by atoms with van der Waals surface area (Å²) in [7, 11) is 1.66. The number of rotatable bonds is 5. The first kappa shape index (κ1) is 15.7. The molecule has 1 heterocycles. The fraction of sp³-hybridized carbons (Fsp3) is 0.933. The van der Waals surface area contributed by atoms with Crippen molar-refractivity contribution in [2.75, 3.05) is 39.9 Å². The maximum absolute atomic E-state index is 12.3. The molecule has 20 heavy (non-hydrogen) atoms. The molecular weight excluding hydrogens is 254 g/mol. The van der Waals surface area contributed by atoms with Crippen molar-refractivity contribution < 1.29 is 9.53 Å². The van der Waals surface area contributed by atoms with E-state index in [9.17, 15) is 4.79 Å². The molecule has 2 N–H and O–H groups in total. The van der Waals surface area contributed by atoms with Gasteiger partial charge >= 0.3 is 0 Å². The zero-order valence-corrected chi connectivity index (χ0v) is 12.9. The second kappa shape index (κ2) is 7.38. The molecular formula is C15H29N3O2. The lowest BCUT2D eigenvalue weighted by molar-refractivity contribution is -0.130. The first-order chi connectivity index (χ1) is 9.69. The summed E-state index contributed by atoms with van der Waals surface area (Å²) in [5, 5.41) is 6.50. The van der Waals surface area contributed by atoms with Crippen molar-refractivity contribution in [3.63, 3.8) is 0 Å². The number of nitrogens with zero attached hydrogens (tertiary/aromatic N) is 1. The van der Waals surface area contributed by atoms with Crippen molar-refractivity contribution in [3.05, 3.63) is 0 Å². The van der Waals surface area contributed by atoms with Gasteiger partial charge in [0.2, 0.25) is 5.91 Å². The summed E-state index contributed by atoms with van der Waals surface area (Å²) in [5.41, 5.74) is 0.203. The summed E-state index contributed by atoms with van der Waals surface area (Å²) in [6.07, 6.45) is 6.35. The SMILES string of the molecule is COCCNC(=O)C(C)N1CCNCC12CCCCC2. The van der Waals surface area contributed by atoms with Crippen LogP contribution in [0.15, 0.2) is 0 Å². The summed E-state index contributed by atoms with van der Waals surface area (Å²) >= 11 is 0. The number of amides is 1. The molecule has 0 aromatic carbocycles. The highest BCUT2D eigenvalue weighted by atomic mass is 16.5. The zero-order valence-electron chi connectivity index (χ0n) is 12.9. The van der Waals surface area contributed by atoms with Gasteiger partial charge in [-0.3, -0.25) is 9.69 Å². The number of methoxy groups -OCH3 is 1. The van der Waals surface area contributed by atoms with Crippen LogP contribution in [0.4, 0.5) is 0 Å². The highest BCUT2D eigenvalue weighted by molar-refractivity contribution is 5.81. The molecule has 1 aliphatic carbocycles. The van der Waals surface area contributed by atoms with Crippen LogP contribution in [-0.4, -0.2) is 62.3 Å². The van der Waals surface area contributed by atoms with Crippen LogP contribution >= 0.6 is 0 Å². The van der Waals surface area contributed by atoms with Crippen LogP contribution in [0.3, 0.4) is 0 Å². The van der Waals surface area contributed by atoms with E-state index in [-0.39, 0.29) is 17.5 Å². The summed E-state index contributed by atoms with van der Waals surface area (Å²) < 4.78 is 4.99. The highest BCUT2D eigenvalue weighted by Gasteiger charge is 2.43. The topological polar surface area (TPSA) is 53.6 Å². The summed E-state index contributed by atoms with van der Waals surface area (Å²) in [4.78, 5) is 14.8. The fourth-order valence-corrected chi connectivity index (χ4v) is 3.70. The number of hydrogen-bond acceptors (Lipinski definition) is 4. The highest BCUT2D eigenvalue weighted by Crippen LogP contribution is 2.35. The quantitative estimate of drug-likeness (QED) is 0.731. The molecule has 5 heteroatoms. The van der Waals surface area contributed by atoms with Crippen molar-refractivity contribution in [3.8, 4) is 0 Å². The van der Waals surface area contributed by atoms with Gasteiger partial charge in [-0.05, 0) is 19.8 Å². The molecule has 2 rings (SSSR count). The molecule has 5 nitrogen and oxygen atoms in total. The maximum atomic E-state index is 12.3. The van der Waals surface area contributed by atoms with Crippen molar-refractivity contribution in [1.29, 1.82) is 0 Å². The third-order valence-electron chi connectivity index (χ3n) is 4.83.